The highest BCUT2D eigenvalue weighted by Crippen LogP contribution is 2.26. The molecule has 1 amide bonds. The Bertz CT molecular complexity index is 477. The number of hydrogen-bond acceptors (Lipinski definition) is 4. The summed E-state index contributed by atoms with van der Waals surface area (Å²) in [6.07, 6.45) is 0. The van der Waals surface area contributed by atoms with E-state index < -0.39 is 0 Å². The Morgan fingerprint density at radius 2 is 2.22 bits per heavy atom. The Kier molecular flexibility index (Phi) is 5.49. The molecule has 0 aliphatic heterocycles. The fourth-order valence-electron chi connectivity index (χ4n) is 1.15. The highest BCUT2D eigenvalue weighted by Gasteiger charge is 2.11. The van der Waals surface area contributed by atoms with Crippen molar-refractivity contribution in [3.63, 3.8) is 0 Å². The first-order valence-electron chi connectivity index (χ1n) is 5.06. The molecule has 0 aliphatic rings. The van der Waals surface area contributed by atoms with Crippen molar-refractivity contribution in [1.82, 2.24) is 4.90 Å². The second-order valence-electron chi connectivity index (χ2n) is 3.70. The van der Waals surface area contributed by atoms with Crippen LogP contribution in [0.25, 0.3) is 0 Å². The average Bonchev–Trinajstić information content (AvgIpc) is 2.34. The van der Waals surface area contributed by atoms with E-state index >= 15 is 0 Å². The standard InChI is InChI=1S/C11H14BrN3O2S/c1-15(2)10(16)6-18-9-5-7(12)3-4-8(9)11(13)14-17/h3-5,17H,6H2,1-2H3,(H2,13,14). The summed E-state index contributed by atoms with van der Waals surface area (Å²) in [4.78, 5) is 13.8. The van der Waals surface area contributed by atoms with Crippen LogP contribution in [-0.4, -0.2) is 41.7 Å². The van der Waals surface area contributed by atoms with Crippen LogP contribution in [0.3, 0.4) is 0 Å². The summed E-state index contributed by atoms with van der Waals surface area (Å²) in [5.41, 5.74) is 6.20. The maximum absolute atomic E-state index is 11.5. The van der Waals surface area contributed by atoms with Crippen LogP contribution in [0.5, 0.6) is 0 Å². The van der Waals surface area contributed by atoms with Crippen LogP contribution in [0.1, 0.15) is 5.56 Å². The molecule has 0 heterocycles. The van der Waals surface area contributed by atoms with Gasteiger partial charge in [-0.15, -0.1) is 11.8 Å². The lowest BCUT2D eigenvalue weighted by atomic mass is 10.2. The molecular weight excluding hydrogens is 318 g/mol. The lowest BCUT2D eigenvalue weighted by molar-refractivity contribution is -0.125. The summed E-state index contributed by atoms with van der Waals surface area (Å²) in [7, 11) is 3.41. The van der Waals surface area contributed by atoms with Gasteiger partial charge >= 0.3 is 0 Å². The number of benzene rings is 1. The molecule has 5 nitrogen and oxygen atoms in total. The molecule has 3 N–H and O–H groups in total. The van der Waals surface area contributed by atoms with E-state index in [-0.39, 0.29) is 11.7 Å². The van der Waals surface area contributed by atoms with Gasteiger partial charge in [0.1, 0.15) is 0 Å². The van der Waals surface area contributed by atoms with Crippen LogP contribution < -0.4 is 5.73 Å². The quantitative estimate of drug-likeness (QED) is 0.289. The number of halogens is 1. The summed E-state index contributed by atoms with van der Waals surface area (Å²) in [5.74, 6) is 0.336. The summed E-state index contributed by atoms with van der Waals surface area (Å²) >= 11 is 4.70. The third-order valence-electron chi connectivity index (χ3n) is 2.18. The number of thioether (sulfide) groups is 1. The molecule has 0 spiro atoms. The topological polar surface area (TPSA) is 78.9 Å². The molecule has 1 rings (SSSR count). The fourth-order valence-corrected chi connectivity index (χ4v) is 2.74. The molecule has 98 valence electrons. The fraction of sp³-hybridized carbons (Fsp3) is 0.273. The van der Waals surface area contributed by atoms with Gasteiger partial charge in [-0.1, -0.05) is 21.1 Å². The maximum Gasteiger partial charge on any atom is 0.232 e. The molecule has 1 aromatic carbocycles. The number of nitrogens with zero attached hydrogens (tertiary/aromatic N) is 2. The van der Waals surface area contributed by atoms with Crippen LogP contribution in [0.2, 0.25) is 0 Å². The highest BCUT2D eigenvalue weighted by molar-refractivity contribution is 9.10. The SMILES string of the molecule is CN(C)C(=O)CSc1cc(Br)ccc1/C(N)=N/O. The Balaban J connectivity index is 2.93. The zero-order chi connectivity index (χ0) is 13.7. The molecule has 0 aliphatic carbocycles. The van der Waals surface area contributed by atoms with Gasteiger partial charge in [-0.05, 0) is 18.2 Å². The Labute approximate surface area is 118 Å². The minimum atomic E-state index is 0.00503. The average molecular weight is 332 g/mol. The number of carbonyl (C=O) groups excluding carboxylic acids is 1. The predicted octanol–water partition coefficient (Wildman–Crippen LogP) is 1.72. The summed E-state index contributed by atoms with van der Waals surface area (Å²) in [6.45, 7) is 0. The second-order valence-corrected chi connectivity index (χ2v) is 5.64. The van der Waals surface area contributed by atoms with Gasteiger partial charge in [0.25, 0.3) is 0 Å². The number of rotatable bonds is 4. The lowest BCUT2D eigenvalue weighted by Gasteiger charge is -2.11. The zero-order valence-electron chi connectivity index (χ0n) is 10.1. The van der Waals surface area contributed by atoms with Gasteiger partial charge in [-0.3, -0.25) is 4.79 Å². The van der Waals surface area contributed by atoms with Gasteiger partial charge in [0, 0.05) is 29.0 Å². The van der Waals surface area contributed by atoms with E-state index in [0.717, 1.165) is 9.37 Å². The number of hydrogen-bond donors (Lipinski definition) is 2. The number of carbonyl (C=O) groups is 1. The third kappa shape index (κ3) is 3.92. The van der Waals surface area contributed by atoms with Crippen molar-refractivity contribution in [3.8, 4) is 0 Å². The molecule has 0 atom stereocenters. The predicted molar refractivity (Wildman–Crippen MR) is 76.1 cm³/mol. The molecular formula is C11H14BrN3O2S. The van der Waals surface area contributed by atoms with Crippen molar-refractivity contribution in [2.45, 2.75) is 4.90 Å². The van der Waals surface area contributed by atoms with E-state index in [1.54, 1.807) is 26.2 Å². The van der Waals surface area contributed by atoms with E-state index in [2.05, 4.69) is 21.1 Å². The van der Waals surface area contributed by atoms with E-state index in [1.807, 2.05) is 6.07 Å². The number of amides is 1. The Morgan fingerprint density at radius 3 is 2.78 bits per heavy atom. The van der Waals surface area contributed by atoms with Crippen LogP contribution in [0.15, 0.2) is 32.7 Å². The first-order valence-corrected chi connectivity index (χ1v) is 6.84. The minimum Gasteiger partial charge on any atom is -0.409 e. The monoisotopic (exact) mass is 331 g/mol. The van der Waals surface area contributed by atoms with E-state index in [1.165, 1.54) is 16.7 Å². The molecule has 1 aromatic rings. The normalized spacial score (nSPS) is 11.4. The summed E-state index contributed by atoms with van der Waals surface area (Å²) < 4.78 is 0.872. The summed E-state index contributed by atoms with van der Waals surface area (Å²) in [5, 5.41) is 11.7. The summed E-state index contributed by atoms with van der Waals surface area (Å²) in [6, 6.07) is 5.37. The molecule has 0 radical (unpaired) electrons. The van der Waals surface area contributed by atoms with Crippen molar-refractivity contribution >= 4 is 39.4 Å². The smallest absolute Gasteiger partial charge is 0.232 e. The van der Waals surface area contributed by atoms with Crippen molar-refractivity contribution in [2.75, 3.05) is 19.8 Å². The zero-order valence-corrected chi connectivity index (χ0v) is 12.5. The lowest BCUT2D eigenvalue weighted by Crippen LogP contribution is -2.23. The molecule has 7 heteroatoms. The van der Waals surface area contributed by atoms with E-state index in [0.29, 0.717) is 11.3 Å². The van der Waals surface area contributed by atoms with Crippen molar-refractivity contribution < 1.29 is 10.0 Å². The van der Waals surface area contributed by atoms with Crippen LogP contribution in [-0.2, 0) is 4.79 Å². The van der Waals surface area contributed by atoms with Crippen molar-refractivity contribution in [2.24, 2.45) is 10.9 Å². The van der Waals surface area contributed by atoms with E-state index in [4.69, 9.17) is 10.9 Å². The number of nitrogens with two attached hydrogens (primary N) is 1. The molecule has 0 fully saturated rings. The van der Waals surface area contributed by atoms with Crippen LogP contribution in [0, 0.1) is 0 Å². The van der Waals surface area contributed by atoms with Gasteiger partial charge in [0.05, 0.1) is 5.75 Å². The first kappa shape index (κ1) is 14.8. The number of amidine groups is 1. The molecule has 0 aromatic heterocycles. The van der Waals surface area contributed by atoms with Gasteiger partial charge < -0.3 is 15.8 Å². The first-order chi connectivity index (χ1) is 8.45. The molecule has 0 unspecified atom stereocenters. The van der Waals surface area contributed by atoms with Gasteiger partial charge in [-0.25, -0.2) is 0 Å². The van der Waals surface area contributed by atoms with Crippen molar-refractivity contribution in [1.29, 1.82) is 0 Å². The maximum atomic E-state index is 11.5. The third-order valence-corrected chi connectivity index (χ3v) is 3.71. The van der Waals surface area contributed by atoms with Gasteiger partial charge in [0.15, 0.2) is 5.84 Å². The Morgan fingerprint density at radius 1 is 1.56 bits per heavy atom. The molecule has 0 saturated carbocycles. The van der Waals surface area contributed by atoms with Gasteiger partial charge in [0.2, 0.25) is 5.91 Å². The van der Waals surface area contributed by atoms with E-state index in [9.17, 15) is 4.79 Å². The molecule has 0 bridgehead atoms. The molecule has 0 saturated heterocycles. The Hall–Kier alpha value is -1.21. The highest BCUT2D eigenvalue weighted by atomic mass is 79.9. The minimum absolute atomic E-state index is 0.00503. The number of oxime groups is 1. The van der Waals surface area contributed by atoms with Crippen LogP contribution in [0.4, 0.5) is 0 Å². The van der Waals surface area contributed by atoms with Gasteiger partial charge in [-0.2, -0.15) is 0 Å². The molecule has 18 heavy (non-hydrogen) atoms. The second kappa shape index (κ2) is 6.65. The van der Waals surface area contributed by atoms with Crippen LogP contribution >= 0.6 is 27.7 Å². The van der Waals surface area contributed by atoms with Crippen molar-refractivity contribution in [3.05, 3.63) is 28.2 Å². The largest absolute Gasteiger partial charge is 0.409 e.